The van der Waals surface area contributed by atoms with E-state index in [4.69, 9.17) is 5.26 Å². The predicted molar refractivity (Wildman–Crippen MR) is 119 cm³/mol. The van der Waals surface area contributed by atoms with Crippen molar-refractivity contribution in [3.8, 4) is 11.8 Å². The SMILES string of the molecule is Cc1sc(N(Cc2ccc(OC(F)F)cc2F)c2ccc(C#N)cc2)nc1C(=O)NS(C)(=O)=O. The second-order valence-corrected chi connectivity index (χ2v) is 9.91. The molecule has 0 fully saturated rings. The van der Waals surface area contributed by atoms with Crippen LogP contribution < -0.4 is 14.4 Å². The fourth-order valence-corrected chi connectivity index (χ4v) is 4.27. The second-order valence-electron chi connectivity index (χ2n) is 6.98. The van der Waals surface area contributed by atoms with E-state index in [1.165, 1.54) is 24.3 Å². The molecule has 1 amide bonds. The topological polar surface area (TPSA) is 112 Å². The highest BCUT2D eigenvalue weighted by Gasteiger charge is 2.23. The Bertz CT molecular complexity index is 1350. The standard InChI is InChI=1S/C21H17F3N4O4S2/c1-12-18(19(29)27-34(2,30)31)26-21(33-12)28(15-6-3-13(10-25)4-7-15)11-14-5-8-16(9-17(14)22)32-20(23)24/h3-9,20H,11H2,1-2H3,(H,27,29). The number of nitrogens with one attached hydrogen (secondary N) is 1. The Balaban J connectivity index is 2.01. The number of nitriles is 1. The molecule has 0 atom stereocenters. The van der Waals surface area contributed by atoms with Crippen molar-refractivity contribution in [1.29, 1.82) is 5.26 Å². The molecule has 0 saturated heterocycles. The van der Waals surface area contributed by atoms with Gasteiger partial charge in [0.25, 0.3) is 5.91 Å². The number of thiazole rings is 1. The number of alkyl halides is 2. The maximum absolute atomic E-state index is 14.7. The zero-order valence-electron chi connectivity index (χ0n) is 17.8. The van der Waals surface area contributed by atoms with Gasteiger partial charge in [0.2, 0.25) is 10.0 Å². The summed E-state index contributed by atoms with van der Waals surface area (Å²) in [4.78, 5) is 18.5. The Morgan fingerprint density at radius 1 is 1.26 bits per heavy atom. The van der Waals surface area contributed by atoms with Crippen LogP contribution in [0.2, 0.25) is 0 Å². The second kappa shape index (κ2) is 10.1. The number of aromatic nitrogens is 1. The van der Waals surface area contributed by atoms with Gasteiger partial charge in [0, 0.05) is 22.2 Å². The molecule has 3 aromatic rings. The molecule has 0 bridgehead atoms. The molecule has 34 heavy (non-hydrogen) atoms. The van der Waals surface area contributed by atoms with E-state index in [0.717, 1.165) is 23.7 Å². The van der Waals surface area contributed by atoms with Crippen LogP contribution in [-0.4, -0.2) is 32.2 Å². The lowest BCUT2D eigenvalue weighted by Gasteiger charge is -2.22. The number of rotatable bonds is 8. The summed E-state index contributed by atoms with van der Waals surface area (Å²) < 4.78 is 68.4. The van der Waals surface area contributed by atoms with Gasteiger partial charge in [-0.15, -0.1) is 11.3 Å². The van der Waals surface area contributed by atoms with Gasteiger partial charge in [-0.3, -0.25) is 4.79 Å². The molecule has 3 rings (SSSR count). The van der Waals surface area contributed by atoms with Crippen molar-refractivity contribution < 1.29 is 31.1 Å². The molecule has 2 aromatic carbocycles. The smallest absolute Gasteiger partial charge is 0.387 e. The van der Waals surface area contributed by atoms with E-state index in [1.54, 1.807) is 24.0 Å². The average Bonchev–Trinajstić information content (AvgIpc) is 3.13. The van der Waals surface area contributed by atoms with Crippen molar-refractivity contribution in [2.24, 2.45) is 0 Å². The molecule has 0 aliphatic rings. The van der Waals surface area contributed by atoms with Gasteiger partial charge in [0.1, 0.15) is 17.3 Å². The van der Waals surface area contributed by atoms with Crippen molar-refractivity contribution in [2.75, 3.05) is 11.2 Å². The first kappa shape index (κ1) is 25.0. The third-order valence-corrected chi connectivity index (χ3v) is 5.95. The lowest BCUT2D eigenvalue weighted by atomic mass is 10.1. The van der Waals surface area contributed by atoms with E-state index in [1.807, 2.05) is 10.8 Å². The number of hydrogen-bond donors (Lipinski definition) is 1. The molecule has 0 saturated carbocycles. The lowest BCUT2D eigenvalue weighted by Crippen LogP contribution is -2.30. The summed E-state index contributed by atoms with van der Waals surface area (Å²) in [5.41, 5.74) is 0.869. The van der Waals surface area contributed by atoms with Crippen molar-refractivity contribution >= 4 is 38.1 Å². The van der Waals surface area contributed by atoms with E-state index >= 15 is 0 Å². The molecule has 8 nitrogen and oxygen atoms in total. The Kier molecular flexibility index (Phi) is 7.43. The molecule has 178 valence electrons. The number of aryl methyl sites for hydroxylation is 1. The zero-order valence-corrected chi connectivity index (χ0v) is 19.4. The number of carbonyl (C=O) groups excluding carboxylic acids is 1. The van der Waals surface area contributed by atoms with Crippen LogP contribution in [0.5, 0.6) is 5.75 Å². The maximum atomic E-state index is 14.7. The molecule has 0 aliphatic heterocycles. The minimum absolute atomic E-state index is 0.112. The predicted octanol–water partition coefficient (Wildman–Crippen LogP) is 4.09. The molecular formula is C21H17F3N4O4S2. The van der Waals surface area contributed by atoms with E-state index in [9.17, 15) is 26.4 Å². The summed E-state index contributed by atoms with van der Waals surface area (Å²) in [7, 11) is -3.82. The Morgan fingerprint density at radius 3 is 2.50 bits per heavy atom. The van der Waals surface area contributed by atoms with E-state index < -0.39 is 28.4 Å². The number of sulfonamides is 1. The van der Waals surface area contributed by atoms with E-state index in [2.05, 4.69) is 9.72 Å². The number of hydrogen-bond acceptors (Lipinski definition) is 8. The van der Waals surface area contributed by atoms with Crippen LogP contribution >= 0.6 is 11.3 Å². The zero-order chi connectivity index (χ0) is 25.0. The summed E-state index contributed by atoms with van der Waals surface area (Å²) in [5, 5.41) is 9.30. The van der Waals surface area contributed by atoms with Crippen molar-refractivity contribution in [3.05, 3.63) is 70.0 Å². The number of benzene rings is 2. The molecular weight excluding hydrogens is 493 g/mol. The van der Waals surface area contributed by atoms with Gasteiger partial charge in [-0.2, -0.15) is 14.0 Å². The quantitative estimate of drug-likeness (QED) is 0.486. The first-order chi connectivity index (χ1) is 16.0. The normalized spacial score (nSPS) is 11.2. The molecule has 0 spiro atoms. The lowest BCUT2D eigenvalue weighted by molar-refractivity contribution is -0.0500. The molecule has 0 radical (unpaired) electrons. The summed E-state index contributed by atoms with van der Waals surface area (Å²) in [5.74, 6) is -2.06. The first-order valence-electron chi connectivity index (χ1n) is 9.47. The number of carbonyl (C=O) groups is 1. The minimum atomic E-state index is -3.82. The summed E-state index contributed by atoms with van der Waals surface area (Å²) in [6.07, 6.45) is 0.834. The van der Waals surface area contributed by atoms with Gasteiger partial charge in [-0.1, -0.05) is 6.07 Å². The number of halogens is 3. The Labute approximate surface area is 197 Å². The van der Waals surface area contributed by atoms with E-state index in [0.29, 0.717) is 16.1 Å². The maximum Gasteiger partial charge on any atom is 0.387 e. The number of nitrogens with zero attached hydrogens (tertiary/aromatic N) is 3. The first-order valence-corrected chi connectivity index (χ1v) is 12.2. The number of ether oxygens (including phenoxy) is 1. The van der Waals surface area contributed by atoms with Crippen molar-refractivity contribution in [2.45, 2.75) is 20.1 Å². The molecule has 1 N–H and O–H groups in total. The summed E-state index contributed by atoms with van der Waals surface area (Å²) >= 11 is 1.07. The van der Waals surface area contributed by atoms with Crippen LogP contribution in [0.25, 0.3) is 0 Å². The minimum Gasteiger partial charge on any atom is -0.435 e. The van der Waals surface area contributed by atoms with Gasteiger partial charge in [-0.25, -0.2) is 22.5 Å². The average molecular weight is 511 g/mol. The third-order valence-electron chi connectivity index (χ3n) is 4.40. The number of anilines is 2. The third kappa shape index (κ3) is 6.24. The highest BCUT2D eigenvalue weighted by atomic mass is 32.2. The highest BCUT2D eigenvalue weighted by Crippen LogP contribution is 2.34. The summed E-state index contributed by atoms with van der Waals surface area (Å²) in [6, 6.07) is 11.6. The fourth-order valence-electron chi connectivity index (χ4n) is 2.91. The molecule has 1 heterocycles. The van der Waals surface area contributed by atoms with E-state index in [-0.39, 0.29) is 28.7 Å². The van der Waals surface area contributed by atoms with Crippen LogP contribution in [0, 0.1) is 24.1 Å². The molecule has 1 aromatic heterocycles. The van der Waals surface area contributed by atoms with Gasteiger partial charge < -0.3 is 9.64 Å². The van der Waals surface area contributed by atoms with Crippen LogP contribution in [0.4, 0.5) is 24.0 Å². The van der Waals surface area contributed by atoms with Crippen LogP contribution in [0.1, 0.15) is 26.5 Å². The van der Waals surface area contributed by atoms with Crippen LogP contribution in [-0.2, 0) is 16.6 Å². The van der Waals surface area contributed by atoms with Crippen molar-refractivity contribution in [1.82, 2.24) is 9.71 Å². The molecule has 13 heteroatoms. The van der Waals surface area contributed by atoms with Gasteiger partial charge in [0.05, 0.1) is 24.4 Å². The Hall–Kier alpha value is -3.63. The molecule has 0 unspecified atom stereocenters. The molecule has 0 aliphatic carbocycles. The van der Waals surface area contributed by atoms with Crippen molar-refractivity contribution in [3.63, 3.8) is 0 Å². The largest absolute Gasteiger partial charge is 0.435 e. The fraction of sp³-hybridized carbons (Fsp3) is 0.190. The van der Waals surface area contributed by atoms with Crippen LogP contribution in [0.15, 0.2) is 42.5 Å². The number of amides is 1. The summed E-state index contributed by atoms with van der Waals surface area (Å²) in [6.45, 7) is -1.64. The van der Waals surface area contributed by atoms with Gasteiger partial charge in [-0.05, 0) is 37.3 Å². The van der Waals surface area contributed by atoms with Crippen LogP contribution in [0.3, 0.4) is 0 Å². The Morgan fingerprint density at radius 2 is 1.94 bits per heavy atom. The van der Waals surface area contributed by atoms with Gasteiger partial charge in [0.15, 0.2) is 5.13 Å². The monoisotopic (exact) mass is 510 g/mol. The van der Waals surface area contributed by atoms with Gasteiger partial charge >= 0.3 is 6.61 Å². The highest BCUT2D eigenvalue weighted by molar-refractivity contribution is 7.89.